The number of carbonyl (C=O) groups is 2. The molecule has 2 N–H and O–H groups in total. The Balaban J connectivity index is 1.86. The van der Waals surface area contributed by atoms with Crippen LogP contribution in [0.3, 0.4) is 0 Å². The normalized spacial score (nSPS) is 18.2. The van der Waals surface area contributed by atoms with Gasteiger partial charge in [0, 0.05) is 31.7 Å². The van der Waals surface area contributed by atoms with Crippen molar-refractivity contribution in [2.24, 2.45) is 0 Å². The van der Waals surface area contributed by atoms with Crippen LogP contribution in [-0.4, -0.2) is 42.4 Å². The second kappa shape index (κ2) is 7.06. The second-order valence-electron chi connectivity index (χ2n) is 5.24. The number of carbonyl (C=O) groups excluding carboxylic acids is 2. The van der Waals surface area contributed by atoms with Gasteiger partial charge >= 0.3 is 0 Å². The maximum absolute atomic E-state index is 12.9. The van der Waals surface area contributed by atoms with Crippen LogP contribution >= 0.6 is 0 Å². The first kappa shape index (κ1) is 15.3. The lowest BCUT2D eigenvalue weighted by Gasteiger charge is -2.33. The molecule has 1 aliphatic rings. The zero-order valence-electron chi connectivity index (χ0n) is 12.1. The van der Waals surface area contributed by atoms with E-state index in [2.05, 4.69) is 10.6 Å². The zero-order chi connectivity index (χ0) is 15.2. The van der Waals surface area contributed by atoms with Gasteiger partial charge in [-0.1, -0.05) is 0 Å². The minimum Gasteiger partial charge on any atom is -0.381 e. The number of hydrogen-bond donors (Lipinski definition) is 2. The van der Waals surface area contributed by atoms with Gasteiger partial charge in [-0.3, -0.25) is 9.59 Å². The molecule has 21 heavy (non-hydrogen) atoms. The summed E-state index contributed by atoms with van der Waals surface area (Å²) in [5.41, 5.74) is 0.845. The minimum absolute atomic E-state index is 0.0403. The van der Waals surface area contributed by atoms with Gasteiger partial charge in [0.15, 0.2) is 0 Å². The number of nitrogens with zero attached hydrogens (tertiary/aromatic N) is 1. The number of nitrogens with one attached hydrogen (secondary N) is 2. The first-order valence-corrected chi connectivity index (χ1v) is 7.09. The van der Waals surface area contributed by atoms with Crippen molar-refractivity contribution in [1.82, 2.24) is 10.2 Å². The van der Waals surface area contributed by atoms with Crippen molar-refractivity contribution >= 4 is 17.5 Å². The number of benzene rings is 1. The predicted octanol–water partition coefficient (Wildman–Crippen LogP) is 1.36. The van der Waals surface area contributed by atoms with Crippen LogP contribution in [0, 0.1) is 5.82 Å². The standard InChI is InChI=1S/C15H20FN3O2/c1-11(20)17-9-15(21)19-8-2-3-14(10-19)18-13-6-4-12(16)5-7-13/h4-7,14,18H,2-3,8-10H2,1H3,(H,17,20). The molecule has 1 aliphatic heterocycles. The number of amides is 2. The third kappa shape index (κ3) is 4.73. The number of anilines is 1. The fourth-order valence-corrected chi connectivity index (χ4v) is 2.42. The molecule has 5 nitrogen and oxygen atoms in total. The highest BCUT2D eigenvalue weighted by molar-refractivity contribution is 5.83. The van der Waals surface area contributed by atoms with E-state index < -0.39 is 0 Å². The van der Waals surface area contributed by atoms with Crippen molar-refractivity contribution in [2.45, 2.75) is 25.8 Å². The molecule has 0 saturated carbocycles. The topological polar surface area (TPSA) is 61.4 Å². The van der Waals surface area contributed by atoms with Crippen LogP contribution in [-0.2, 0) is 9.59 Å². The minimum atomic E-state index is -0.267. The van der Waals surface area contributed by atoms with Crippen LogP contribution in [0.5, 0.6) is 0 Å². The maximum Gasteiger partial charge on any atom is 0.242 e. The molecule has 1 heterocycles. The lowest BCUT2D eigenvalue weighted by atomic mass is 10.1. The van der Waals surface area contributed by atoms with E-state index in [0.717, 1.165) is 18.5 Å². The summed E-state index contributed by atoms with van der Waals surface area (Å²) in [6.45, 7) is 2.73. The average molecular weight is 293 g/mol. The molecule has 1 aromatic rings. The highest BCUT2D eigenvalue weighted by atomic mass is 19.1. The van der Waals surface area contributed by atoms with E-state index in [1.54, 1.807) is 17.0 Å². The van der Waals surface area contributed by atoms with Gasteiger partial charge in [-0.25, -0.2) is 4.39 Å². The molecule has 0 spiro atoms. The van der Waals surface area contributed by atoms with Crippen LogP contribution in [0.2, 0.25) is 0 Å². The summed E-state index contributed by atoms with van der Waals surface area (Å²) >= 11 is 0. The Morgan fingerprint density at radius 3 is 2.71 bits per heavy atom. The molecular formula is C15H20FN3O2. The van der Waals surface area contributed by atoms with Crippen molar-refractivity contribution < 1.29 is 14.0 Å². The summed E-state index contributed by atoms with van der Waals surface area (Å²) in [7, 11) is 0. The summed E-state index contributed by atoms with van der Waals surface area (Å²) in [5, 5.41) is 5.83. The molecule has 0 bridgehead atoms. The van der Waals surface area contributed by atoms with Gasteiger partial charge < -0.3 is 15.5 Å². The first-order chi connectivity index (χ1) is 10.0. The van der Waals surface area contributed by atoms with E-state index in [9.17, 15) is 14.0 Å². The van der Waals surface area contributed by atoms with Gasteiger partial charge in [0.05, 0.1) is 6.54 Å². The molecule has 1 fully saturated rings. The molecule has 2 amide bonds. The highest BCUT2D eigenvalue weighted by Gasteiger charge is 2.23. The molecule has 2 rings (SSSR count). The molecule has 114 valence electrons. The van der Waals surface area contributed by atoms with Gasteiger partial charge in [0.1, 0.15) is 5.82 Å². The molecule has 0 radical (unpaired) electrons. The number of likely N-dealkylation sites (tertiary alicyclic amines) is 1. The number of hydrogen-bond acceptors (Lipinski definition) is 3. The summed E-state index contributed by atoms with van der Waals surface area (Å²) in [6.07, 6.45) is 1.87. The Morgan fingerprint density at radius 1 is 1.33 bits per heavy atom. The first-order valence-electron chi connectivity index (χ1n) is 7.09. The predicted molar refractivity (Wildman–Crippen MR) is 78.3 cm³/mol. The van der Waals surface area contributed by atoms with Crippen molar-refractivity contribution in [3.05, 3.63) is 30.1 Å². The van der Waals surface area contributed by atoms with Crippen LogP contribution < -0.4 is 10.6 Å². The van der Waals surface area contributed by atoms with E-state index in [1.165, 1.54) is 19.1 Å². The van der Waals surface area contributed by atoms with Crippen molar-refractivity contribution in [1.29, 1.82) is 0 Å². The van der Waals surface area contributed by atoms with Crippen LogP contribution in [0.4, 0.5) is 10.1 Å². The quantitative estimate of drug-likeness (QED) is 0.881. The molecule has 1 aromatic carbocycles. The lowest BCUT2D eigenvalue weighted by Crippen LogP contribution is -2.48. The largest absolute Gasteiger partial charge is 0.381 e. The Kier molecular flexibility index (Phi) is 5.14. The van der Waals surface area contributed by atoms with E-state index in [0.29, 0.717) is 13.1 Å². The number of rotatable bonds is 4. The molecule has 1 unspecified atom stereocenters. The van der Waals surface area contributed by atoms with E-state index in [-0.39, 0.29) is 30.2 Å². The highest BCUT2D eigenvalue weighted by Crippen LogP contribution is 2.16. The van der Waals surface area contributed by atoms with Crippen LogP contribution in [0.1, 0.15) is 19.8 Å². The molecule has 1 atom stereocenters. The molecule has 1 saturated heterocycles. The van der Waals surface area contributed by atoms with E-state index >= 15 is 0 Å². The Hall–Kier alpha value is -2.11. The van der Waals surface area contributed by atoms with Crippen molar-refractivity contribution in [2.75, 3.05) is 25.0 Å². The van der Waals surface area contributed by atoms with Crippen molar-refractivity contribution in [3.63, 3.8) is 0 Å². The average Bonchev–Trinajstić information content (AvgIpc) is 2.47. The van der Waals surface area contributed by atoms with E-state index in [4.69, 9.17) is 0 Å². The van der Waals surface area contributed by atoms with E-state index in [1.807, 2.05) is 0 Å². The van der Waals surface area contributed by atoms with Crippen molar-refractivity contribution in [3.8, 4) is 0 Å². The van der Waals surface area contributed by atoms with Crippen LogP contribution in [0.25, 0.3) is 0 Å². The summed E-state index contributed by atoms with van der Waals surface area (Å²) < 4.78 is 12.9. The summed E-state index contributed by atoms with van der Waals surface area (Å²) in [6, 6.07) is 6.33. The number of halogens is 1. The van der Waals surface area contributed by atoms with Gasteiger partial charge in [-0.2, -0.15) is 0 Å². The van der Waals surface area contributed by atoms with Crippen LogP contribution in [0.15, 0.2) is 24.3 Å². The summed E-state index contributed by atoms with van der Waals surface area (Å²) in [4.78, 5) is 24.6. The Bertz CT molecular complexity index is 504. The monoisotopic (exact) mass is 293 g/mol. The fraction of sp³-hybridized carbons (Fsp3) is 0.467. The maximum atomic E-state index is 12.9. The zero-order valence-corrected chi connectivity index (χ0v) is 12.1. The molecule has 6 heteroatoms. The molecular weight excluding hydrogens is 273 g/mol. The third-order valence-electron chi connectivity index (χ3n) is 3.48. The van der Waals surface area contributed by atoms with Gasteiger partial charge in [-0.05, 0) is 37.1 Å². The SMILES string of the molecule is CC(=O)NCC(=O)N1CCCC(Nc2ccc(F)cc2)C1. The number of piperidine rings is 1. The Labute approximate surface area is 123 Å². The summed E-state index contributed by atoms with van der Waals surface area (Å²) in [5.74, 6) is -0.548. The van der Waals surface area contributed by atoms with Gasteiger partial charge in [-0.15, -0.1) is 0 Å². The van der Waals surface area contributed by atoms with Gasteiger partial charge in [0.2, 0.25) is 11.8 Å². The Morgan fingerprint density at radius 2 is 2.05 bits per heavy atom. The lowest BCUT2D eigenvalue weighted by molar-refractivity contribution is -0.133. The molecule has 0 aromatic heterocycles. The smallest absolute Gasteiger partial charge is 0.242 e. The fourth-order valence-electron chi connectivity index (χ4n) is 2.42. The third-order valence-corrected chi connectivity index (χ3v) is 3.48. The molecule has 0 aliphatic carbocycles. The second-order valence-corrected chi connectivity index (χ2v) is 5.24. The van der Waals surface area contributed by atoms with Gasteiger partial charge in [0.25, 0.3) is 0 Å².